The fourth-order valence-electron chi connectivity index (χ4n) is 1.95. The molecule has 7 heteroatoms. The van der Waals surface area contributed by atoms with E-state index >= 15 is 0 Å². The van der Waals surface area contributed by atoms with Crippen LogP contribution in [0.1, 0.15) is 21.1 Å². The van der Waals surface area contributed by atoms with Gasteiger partial charge in [0.25, 0.3) is 5.91 Å². The molecule has 1 amide bonds. The van der Waals surface area contributed by atoms with Gasteiger partial charge in [-0.3, -0.25) is 4.79 Å². The van der Waals surface area contributed by atoms with E-state index < -0.39 is 0 Å². The summed E-state index contributed by atoms with van der Waals surface area (Å²) in [7, 11) is 0. The topological polar surface area (TPSA) is 68.0 Å². The van der Waals surface area contributed by atoms with Crippen LogP contribution in [0.15, 0.2) is 34.9 Å². The molecule has 0 aliphatic rings. The van der Waals surface area contributed by atoms with Crippen molar-refractivity contribution < 1.29 is 9.32 Å². The minimum atomic E-state index is -0.248. The van der Waals surface area contributed by atoms with Crippen molar-refractivity contribution in [1.82, 2.24) is 10.1 Å². The van der Waals surface area contributed by atoms with Crippen LogP contribution in [0.25, 0.3) is 10.7 Å². The molecule has 5 nitrogen and oxygen atoms in total. The molecule has 3 aromatic rings. The summed E-state index contributed by atoms with van der Waals surface area (Å²) in [6.07, 6.45) is 0. The molecule has 0 bridgehead atoms. The number of carbonyl (C=O) groups excluding carboxylic acids is 1. The van der Waals surface area contributed by atoms with Crippen LogP contribution in [-0.4, -0.2) is 16.0 Å². The number of carbonyl (C=O) groups is 1. The van der Waals surface area contributed by atoms with Gasteiger partial charge in [-0.05, 0) is 25.1 Å². The van der Waals surface area contributed by atoms with E-state index in [9.17, 15) is 4.79 Å². The van der Waals surface area contributed by atoms with E-state index in [1.807, 2.05) is 13.0 Å². The second-order valence-electron chi connectivity index (χ2n) is 4.65. The summed E-state index contributed by atoms with van der Waals surface area (Å²) in [5.41, 5.74) is 1.15. The molecule has 3 rings (SSSR count). The van der Waals surface area contributed by atoms with Crippen LogP contribution in [0, 0.1) is 13.8 Å². The molecule has 0 unspecified atom stereocenters. The average Bonchev–Trinajstić information content (AvgIpc) is 3.06. The molecule has 22 heavy (non-hydrogen) atoms. The molecule has 112 valence electrons. The Morgan fingerprint density at radius 2 is 2.09 bits per heavy atom. The first-order valence-electron chi connectivity index (χ1n) is 6.51. The number of nitrogens with one attached hydrogen (secondary N) is 1. The predicted molar refractivity (Wildman–Crippen MR) is 86.5 cm³/mol. The number of hydrogen-bond acceptors (Lipinski definition) is 5. The van der Waals surface area contributed by atoms with Gasteiger partial charge in [-0.1, -0.05) is 28.9 Å². The molecule has 1 N–H and O–H groups in total. The molecule has 0 aliphatic heterocycles. The second-order valence-corrected chi connectivity index (χ2v) is 6.32. The summed E-state index contributed by atoms with van der Waals surface area (Å²) in [5.74, 6) is 0.772. The van der Waals surface area contributed by atoms with Crippen LogP contribution in [-0.2, 0) is 0 Å². The highest BCUT2D eigenvalue weighted by atomic mass is 35.5. The van der Waals surface area contributed by atoms with Crippen LogP contribution < -0.4 is 5.32 Å². The SMILES string of the molecule is Cc1nc(-c2cc(NC(=O)c3ccccc3Cl)c(C)s2)no1. The smallest absolute Gasteiger partial charge is 0.257 e. The van der Waals surface area contributed by atoms with Crippen molar-refractivity contribution in [2.75, 3.05) is 5.32 Å². The first-order chi connectivity index (χ1) is 10.5. The summed E-state index contributed by atoms with van der Waals surface area (Å²) in [4.78, 5) is 18.3. The maximum atomic E-state index is 12.3. The lowest BCUT2D eigenvalue weighted by Gasteiger charge is -2.05. The summed E-state index contributed by atoms with van der Waals surface area (Å²) in [6.45, 7) is 3.65. The van der Waals surface area contributed by atoms with Crippen LogP contribution in [0.3, 0.4) is 0 Å². The molecule has 2 aromatic heterocycles. The zero-order valence-corrected chi connectivity index (χ0v) is 13.5. The van der Waals surface area contributed by atoms with Crippen molar-refractivity contribution in [1.29, 1.82) is 0 Å². The molecule has 0 fully saturated rings. The molecule has 2 heterocycles. The molecular formula is C15H12ClN3O2S. The Balaban J connectivity index is 1.86. The number of aryl methyl sites for hydroxylation is 2. The molecule has 1 aromatic carbocycles. The van der Waals surface area contributed by atoms with Crippen molar-refractivity contribution >= 4 is 34.5 Å². The van der Waals surface area contributed by atoms with Crippen molar-refractivity contribution in [3.8, 4) is 10.7 Å². The number of hydrogen-bond donors (Lipinski definition) is 1. The van der Waals surface area contributed by atoms with Gasteiger partial charge in [0.15, 0.2) is 0 Å². The van der Waals surface area contributed by atoms with E-state index in [2.05, 4.69) is 15.5 Å². The Kier molecular flexibility index (Phi) is 3.96. The van der Waals surface area contributed by atoms with E-state index in [-0.39, 0.29) is 5.91 Å². The Bertz CT molecular complexity index is 841. The Morgan fingerprint density at radius 1 is 1.32 bits per heavy atom. The molecular weight excluding hydrogens is 322 g/mol. The number of rotatable bonds is 3. The van der Waals surface area contributed by atoms with Gasteiger partial charge in [0.05, 0.1) is 21.2 Å². The van der Waals surface area contributed by atoms with Gasteiger partial charge in [-0.2, -0.15) is 4.98 Å². The zero-order chi connectivity index (χ0) is 15.7. The maximum absolute atomic E-state index is 12.3. The third-order valence-electron chi connectivity index (χ3n) is 3.03. The van der Waals surface area contributed by atoms with Crippen LogP contribution in [0.2, 0.25) is 5.02 Å². The molecule has 0 saturated heterocycles. The highest BCUT2D eigenvalue weighted by molar-refractivity contribution is 7.16. The third-order valence-corrected chi connectivity index (χ3v) is 4.41. The molecule has 0 saturated carbocycles. The fourth-order valence-corrected chi connectivity index (χ4v) is 3.07. The van der Waals surface area contributed by atoms with Gasteiger partial charge in [0.2, 0.25) is 11.7 Å². The monoisotopic (exact) mass is 333 g/mol. The standard InChI is InChI=1S/C15H12ClN3O2S/c1-8-12(7-13(22-8)14-17-9(2)21-19-14)18-15(20)10-5-3-4-6-11(10)16/h3-7H,1-2H3,(H,18,20). The van der Waals surface area contributed by atoms with E-state index in [4.69, 9.17) is 16.1 Å². The minimum Gasteiger partial charge on any atom is -0.339 e. The number of thiophene rings is 1. The minimum absolute atomic E-state index is 0.248. The summed E-state index contributed by atoms with van der Waals surface area (Å²) >= 11 is 7.53. The van der Waals surface area contributed by atoms with E-state index in [1.54, 1.807) is 31.2 Å². The van der Waals surface area contributed by atoms with Gasteiger partial charge in [0.1, 0.15) is 0 Å². The largest absolute Gasteiger partial charge is 0.339 e. The van der Waals surface area contributed by atoms with Gasteiger partial charge in [0, 0.05) is 11.8 Å². The van der Waals surface area contributed by atoms with Crippen LogP contribution in [0.5, 0.6) is 0 Å². The zero-order valence-electron chi connectivity index (χ0n) is 11.9. The Morgan fingerprint density at radius 3 is 2.77 bits per heavy atom. The van der Waals surface area contributed by atoms with Gasteiger partial charge in [-0.25, -0.2) is 0 Å². The van der Waals surface area contributed by atoms with Crippen molar-refractivity contribution in [3.05, 3.63) is 51.7 Å². The molecule has 0 atom stereocenters. The quantitative estimate of drug-likeness (QED) is 0.775. The highest BCUT2D eigenvalue weighted by Crippen LogP contribution is 2.33. The summed E-state index contributed by atoms with van der Waals surface area (Å²) in [5, 5.41) is 7.17. The normalized spacial score (nSPS) is 10.7. The van der Waals surface area contributed by atoms with Crippen molar-refractivity contribution in [2.24, 2.45) is 0 Å². The lowest BCUT2D eigenvalue weighted by Crippen LogP contribution is -2.12. The Labute approximate surface area is 135 Å². The molecule has 0 aliphatic carbocycles. The van der Waals surface area contributed by atoms with E-state index in [0.717, 1.165) is 9.75 Å². The Hall–Kier alpha value is -2.18. The number of aromatic nitrogens is 2. The van der Waals surface area contributed by atoms with Gasteiger partial charge in [-0.15, -0.1) is 11.3 Å². The van der Waals surface area contributed by atoms with E-state index in [0.29, 0.717) is 28.0 Å². The molecule has 0 spiro atoms. The van der Waals surface area contributed by atoms with Crippen molar-refractivity contribution in [3.63, 3.8) is 0 Å². The van der Waals surface area contributed by atoms with Gasteiger partial charge >= 0.3 is 0 Å². The lowest BCUT2D eigenvalue weighted by molar-refractivity contribution is 0.102. The average molecular weight is 334 g/mol. The summed E-state index contributed by atoms with van der Waals surface area (Å²) < 4.78 is 4.97. The maximum Gasteiger partial charge on any atom is 0.257 e. The number of benzene rings is 1. The number of anilines is 1. The van der Waals surface area contributed by atoms with E-state index in [1.165, 1.54) is 11.3 Å². The first-order valence-corrected chi connectivity index (χ1v) is 7.71. The first kappa shape index (κ1) is 14.7. The fraction of sp³-hybridized carbons (Fsp3) is 0.133. The van der Waals surface area contributed by atoms with Crippen LogP contribution >= 0.6 is 22.9 Å². The van der Waals surface area contributed by atoms with Crippen molar-refractivity contribution in [2.45, 2.75) is 13.8 Å². The van der Waals surface area contributed by atoms with Crippen LogP contribution in [0.4, 0.5) is 5.69 Å². The predicted octanol–water partition coefficient (Wildman–Crippen LogP) is 4.32. The molecule has 0 radical (unpaired) electrons. The number of amides is 1. The lowest BCUT2D eigenvalue weighted by atomic mass is 10.2. The third kappa shape index (κ3) is 2.88. The van der Waals surface area contributed by atoms with Gasteiger partial charge < -0.3 is 9.84 Å². The summed E-state index contributed by atoms with van der Waals surface area (Å²) in [6, 6.07) is 8.76. The number of halogens is 1. The second kappa shape index (κ2) is 5.90. The number of nitrogens with zero attached hydrogens (tertiary/aromatic N) is 2. The highest BCUT2D eigenvalue weighted by Gasteiger charge is 2.15.